The van der Waals surface area contributed by atoms with Crippen LogP contribution in [-0.2, 0) is 22.5 Å². The first-order valence-corrected chi connectivity index (χ1v) is 10.8. The van der Waals surface area contributed by atoms with Crippen molar-refractivity contribution in [1.82, 2.24) is 9.88 Å². The quantitative estimate of drug-likeness (QED) is 0.475. The van der Waals surface area contributed by atoms with E-state index in [0.717, 1.165) is 45.6 Å². The molecule has 1 aromatic heterocycles. The third-order valence-corrected chi connectivity index (χ3v) is 6.89. The van der Waals surface area contributed by atoms with Gasteiger partial charge in [0.1, 0.15) is 12.4 Å². The van der Waals surface area contributed by atoms with Gasteiger partial charge in [-0.05, 0) is 42.7 Å². The van der Waals surface area contributed by atoms with Gasteiger partial charge in [0.25, 0.3) is 0 Å². The van der Waals surface area contributed by atoms with Crippen LogP contribution < -0.4 is 3.07 Å². The molecular weight excluding hydrogens is 499 g/mol. The number of benzene rings is 1. The zero-order valence-electron chi connectivity index (χ0n) is 16.6. The number of aliphatic hydroxyl groups excluding tert-OH is 1. The Bertz CT molecular complexity index is 1160. The first-order valence-electron chi connectivity index (χ1n) is 9.96. The van der Waals surface area contributed by atoms with Gasteiger partial charge < -0.3 is 22.9 Å². The Kier molecular flexibility index (Phi) is 4.57. The number of aromatic nitrogens is 1. The summed E-state index contributed by atoms with van der Waals surface area (Å²) in [5.74, 6) is 0.0850. The fraction of sp³-hybridized carbons (Fsp3) is 0.364. The van der Waals surface area contributed by atoms with Crippen molar-refractivity contribution in [2.75, 3.05) is 6.61 Å². The standard InChI is InChI=1S/C22H21IN2O5/c1-3-12-13-7-11(30-23)5-6-17(13)24-19-14(12)9-25-18(19)8-16-15(20(25)26)10-29-21(27)22(16,28)4-2/h5-8,20,26,28H,3-4,9-10H2,1-2H3/t20?,22-/m1/s1. The predicted octanol–water partition coefficient (Wildman–Crippen LogP) is 3.01. The van der Waals surface area contributed by atoms with Gasteiger partial charge in [-0.2, -0.15) is 0 Å². The van der Waals surface area contributed by atoms with Crippen LogP contribution in [0, 0.1) is 0 Å². The molecule has 2 aromatic rings. The van der Waals surface area contributed by atoms with E-state index < -0.39 is 17.8 Å². The number of cyclic esters (lactones) is 1. The number of aryl methyl sites for hydroxylation is 1. The molecule has 0 radical (unpaired) electrons. The lowest BCUT2D eigenvalue weighted by atomic mass is 9.82. The second-order valence-electron chi connectivity index (χ2n) is 7.79. The molecular formula is C22H21IN2O5. The Morgan fingerprint density at radius 3 is 2.90 bits per heavy atom. The fourth-order valence-corrected chi connectivity index (χ4v) is 5.02. The van der Waals surface area contributed by atoms with E-state index in [1.807, 2.05) is 46.1 Å². The molecule has 5 rings (SSSR count). The Balaban J connectivity index is 1.74. The minimum Gasteiger partial charge on any atom is -0.459 e. The highest BCUT2D eigenvalue weighted by molar-refractivity contribution is 14.1. The van der Waals surface area contributed by atoms with Gasteiger partial charge in [-0.1, -0.05) is 13.8 Å². The summed E-state index contributed by atoms with van der Waals surface area (Å²) in [5, 5.41) is 23.2. The number of esters is 1. The number of carbonyl (C=O) groups excluding carboxylic acids is 1. The van der Waals surface area contributed by atoms with E-state index >= 15 is 0 Å². The lowest BCUT2D eigenvalue weighted by Gasteiger charge is -2.40. The number of rotatable bonds is 3. The van der Waals surface area contributed by atoms with Gasteiger partial charge in [-0.3, -0.25) is 0 Å². The largest absolute Gasteiger partial charge is 0.459 e. The second-order valence-corrected chi connectivity index (χ2v) is 8.23. The number of pyridine rings is 1. The van der Waals surface area contributed by atoms with Gasteiger partial charge in [-0.25, -0.2) is 9.78 Å². The minimum atomic E-state index is -1.76. The maximum absolute atomic E-state index is 12.3. The fourth-order valence-electron chi connectivity index (χ4n) is 4.74. The number of nitrogens with zero attached hydrogens (tertiary/aromatic N) is 2. The summed E-state index contributed by atoms with van der Waals surface area (Å²) in [6.07, 6.45) is 1.79. The number of hydrogen-bond acceptors (Lipinski definition) is 7. The summed E-state index contributed by atoms with van der Waals surface area (Å²) in [6.45, 7) is 4.30. The first-order chi connectivity index (χ1) is 14.4. The van der Waals surface area contributed by atoms with Crippen molar-refractivity contribution in [3.63, 3.8) is 0 Å². The van der Waals surface area contributed by atoms with Gasteiger partial charge in [0.2, 0.25) is 0 Å². The van der Waals surface area contributed by atoms with Crippen molar-refractivity contribution < 1.29 is 22.8 Å². The minimum absolute atomic E-state index is 0.0271. The SMILES string of the molecule is CCc1c2c(nc3ccc(OI)cc13)C1=CC3=C(COC(=O)[C@@]3(O)CC)C(O)N1C2. The summed E-state index contributed by atoms with van der Waals surface area (Å²) in [7, 11) is 0. The summed E-state index contributed by atoms with van der Waals surface area (Å²) in [5.41, 5.74) is 3.76. The summed E-state index contributed by atoms with van der Waals surface area (Å²) in [4.78, 5) is 19.1. The summed E-state index contributed by atoms with van der Waals surface area (Å²) < 4.78 is 10.6. The average Bonchev–Trinajstić information content (AvgIpc) is 3.13. The van der Waals surface area contributed by atoms with Crippen LogP contribution in [0.2, 0.25) is 0 Å². The lowest BCUT2D eigenvalue weighted by molar-refractivity contribution is -0.164. The van der Waals surface area contributed by atoms with Crippen LogP contribution >= 0.6 is 23.0 Å². The molecule has 3 aliphatic rings. The Hall–Kier alpha value is -2.17. The molecule has 0 saturated carbocycles. The highest BCUT2D eigenvalue weighted by atomic mass is 127. The molecule has 1 unspecified atom stereocenters. The maximum atomic E-state index is 12.3. The van der Waals surface area contributed by atoms with Crippen LogP contribution in [0.15, 0.2) is 35.4 Å². The smallest absolute Gasteiger partial charge is 0.343 e. The molecule has 0 amide bonds. The average molecular weight is 520 g/mol. The third kappa shape index (κ3) is 2.56. The Morgan fingerprint density at radius 1 is 1.40 bits per heavy atom. The normalized spacial score (nSPS) is 25.0. The van der Waals surface area contributed by atoms with Gasteiger partial charge in [0.15, 0.2) is 34.8 Å². The molecule has 0 aliphatic carbocycles. The Labute approximate surface area is 187 Å². The van der Waals surface area contributed by atoms with Gasteiger partial charge in [0, 0.05) is 28.6 Å². The Morgan fingerprint density at radius 2 is 2.20 bits per heavy atom. The van der Waals surface area contributed by atoms with Gasteiger partial charge in [-0.15, -0.1) is 0 Å². The van der Waals surface area contributed by atoms with Crippen molar-refractivity contribution in [3.8, 4) is 5.75 Å². The van der Waals surface area contributed by atoms with E-state index in [1.165, 1.54) is 0 Å². The van der Waals surface area contributed by atoms with E-state index in [2.05, 4.69) is 6.92 Å². The van der Waals surface area contributed by atoms with Crippen LogP contribution in [0.25, 0.3) is 16.6 Å². The van der Waals surface area contributed by atoms with Crippen LogP contribution in [0.4, 0.5) is 0 Å². The van der Waals surface area contributed by atoms with Crippen molar-refractivity contribution in [2.24, 2.45) is 0 Å². The number of hydrogen-bond donors (Lipinski definition) is 2. The summed E-state index contributed by atoms with van der Waals surface area (Å²) >= 11 is 1.86. The van der Waals surface area contributed by atoms with Crippen molar-refractivity contribution in [3.05, 3.63) is 52.2 Å². The van der Waals surface area contributed by atoms with Crippen LogP contribution in [0.1, 0.15) is 37.1 Å². The van der Waals surface area contributed by atoms with Crippen molar-refractivity contribution in [1.29, 1.82) is 0 Å². The predicted molar refractivity (Wildman–Crippen MR) is 119 cm³/mol. The molecule has 2 atom stereocenters. The van der Waals surface area contributed by atoms with E-state index in [9.17, 15) is 15.0 Å². The maximum Gasteiger partial charge on any atom is 0.343 e. The van der Waals surface area contributed by atoms with Gasteiger partial charge >= 0.3 is 5.97 Å². The molecule has 30 heavy (non-hydrogen) atoms. The third-order valence-electron chi connectivity index (χ3n) is 6.39. The van der Waals surface area contributed by atoms with E-state index in [4.69, 9.17) is 12.8 Å². The lowest BCUT2D eigenvalue weighted by Crippen LogP contribution is -2.50. The molecule has 0 saturated heterocycles. The highest BCUT2D eigenvalue weighted by Crippen LogP contribution is 2.46. The molecule has 3 aliphatic heterocycles. The molecule has 4 heterocycles. The van der Waals surface area contributed by atoms with Crippen LogP contribution in [0.3, 0.4) is 0 Å². The molecule has 0 bridgehead atoms. The molecule has 156 valence electrons. The molecule has 0 spiro atoms. The molecule has 8 heteroatoms. The molecule has 2 N–H and O–H groups in total. The number of halogens is 1. The highest BCUT2D eigenvalue weighted by Gasteiger charge is 2.49. The van der Waals surface area contributed by atoms with Crippen LogP contribution in [-0.4, -0.2) is 44.5 Å². The first kappa shape index (κ1) is 19.8. The van der Waals surface area contributed by atoms with E-state index in [-0.39, 0.29) is 13.0 Å². The zero-order chi connectivity index (χ0) is 21.2. The zero-order valence-corrected chi connectivity index (χ0v) is 18.8. The molecule has 0 fully saturated rings. The molecule has 1 aromatic carbocycles. The van der Waals surface area contributed by atoms with Crippen molar-refractivity contribution >= 4 is 45.6 Å². The van der Waals surface area contributed by atoms with E-state index in [0.29, 0.717) is 17.7 Å². The number of carbonyl (C=O) groups is 1. The molecule has 7 nitrogen and oxygen atoms in total. The summed E-state index contributed by atoms with van der Waals surface area (Å²) in [6, 6.07) is 5.79. The second kappa shape index (κ2) is 6.93. The monoisotopic (exact) mass is 520 g/mol. The number of ether oxygens (including phenoxy) is 1. The van der Waals surface area contributed by atoms with Crippen LogP contribution in [0.5, 0.6) is 5.75 Å². The van der Waals surface area contributed by atoms with Crippen molar-refractivity contribution in [2.45, 2.75) is 45.1 Å². The van der Waals surface area contributed by atoms with Gasteiger partial charge in [0.05, 0.1) is 16.9 Å². The van der Waals surface area contributed by atoms with E-state index in [1.54, 1.807) is 13.0 Å². The number of fused-ring (bicyclic) bond motifs is 4. The number of aliphatic hydroxyl groups is 2. The topological polar surface area (TPSA) is 92.1 Å².